The fourth-order valence-corrected chi connectivity index (χ4v) is 3.66. The maximum absolute atomic E-state index is 13.0. The van der Waals surface area contributed by atoms with Crippen molar-refractivity contribution in [1.82, 2.24) is 5.32 Å². The highest BCUT2D eigenvalue weighted by atomic mass is 35.5. The third-order valence-corrected chi connectivity index (χ3v) is 5.10. The maximum atomic E-state index is 13.0. The molecule has 2 aromatic rings. The number of rotatable bonds is 8. The standard InChI is InChI=1S/C18H19ClN2OS2/c1-3-5-13-8-11-21(12-9-13)16(18(23)20-10-4-2)17(22)14-6-7-15(19)24-14/h4,6-9,11-12,16H,2-3,5,10H2,1H3/p+1/t16-/m0/s1. The summed E-state index contributed by atoms with van der Waals surface area (Å²) in [6.45, 7) is 6.33. The molecule has 0 aromatic carbocycles. The van der Waals surface area contributed by atoms with Crippen LogP contribution < -0.4 is 9.88 Å². The number of thiocarbonyl (C=S) groups is 1. The van der Waals surface area contributed by atoms with E-state index < -0.39 is 6.04 Å². The van der Waals surface area contributed by atoms with E-state index in [0.29, 0.717) is 20.7 Å². The van der Waals surface area contributed by atoms with E-state index in [4.69, 9.17) is 23.8 Å². The van der Waals surface area contributed by atoms with Crippen LogP contribution in [-0.2, 0) is 6.42 Å². The Morgan fingerprint density at radius 2 is 2.12 bits per heavy atom. The molecule has 0 amide bonds. The molecule has 126 valence electrons. The van der Waals surface area contributed by atoms with Gasteiger partial charge in [-0.25, -0.2) is 0 Å². The number of pyridine rings is 1. The lowest BCUT2D eigenvalue weighted by Crippen LogP contribution is -2.51. The second kappa shape index (κ2) is 9.06. The summed E-state index contributed by atoms with van der Waals surface area (Å²) in [4.78, 5) is 14.0. The van der Waals surface area contributed by atoms with E-state index >= 15 is 0 Å². The van der Waals surface area contributed by atoms with Gasteiger partial charge in [-0.05, 0) is 24.1 Å². The molecule has 0 spiro atoms. The molecule has 0 saturated heterocycles. The highest BCUT2D eigenvalue weighted by molar-refractivity contribution is 7.80. The number of carbonyl (C=O) groups is 1. The van der Waals surface area contributed by atoms with E-state index in [1.165, 1.54) is 16.9 Å². The zero-order valence-corrected chi connectivity index (χ0v) is 15.9. The first-order chi connectivity index (χ1) is 11.6. The number of halogens is 1. The van der Waals surface area contributed by atoms with Gasteiger partial charge in [-0.3, -0.25) is 4.79 Å². The molecule has 0 bridgehead atoms. The predicted molar refractivity (Wildman–Crippen MR) is 104 cm³/mol. The zero-order chi connectivity index (χ0) is 17.5. The van der Waals surface area contributed by atoms with Gasteiger partial charge in [-0.15, -0.1) is 17.9 Å². The molecule has 0 aliphatic carbocycles. The van der Waals surface area contributed by atoms with Crippen LogP contribution in [0, 0.1) is 0 Å². The Bertz CT molecular complexity index is 725. The average Bonchev–Trinajstić information content (AvgIpc) is 3.01. The summed E-state index contributed by atoms with van der Waals surface area (Å²) < 4.78 is 2.43. The molecule has 0 unspecified atom stereocenters. The number of carbonyl (C=O) groups excluding carboxylic acids is 1. The summed E-state index contributed by atoms with van der Waals surface area (Å²) in [5.74, 6) is -0.0679. The fraction of sp³-hybridized carbons (Fsp3) is 0.278. The van der Waals surface area contributed by atoms with E-state index in [2.05, 4.69) is 18.8 Å². The number of hydrogen-bond acceptors (Lipinski definition) is 3. The van der Waals surface area contributed by atoms with Crippen molar-refractivity contribution < 1.29 is 9.36 Å². The number of hydrogen-bond donors (Lipinski definition) is 1. The number of aromatic nitrogens is 1. The lowest BCUT2D eigenvalue weighted by molar-refractivity contribution is -0.692. The van der Waals surface area contributed by atoms with E-state index in [1.54, 1.807) is 18.2 Å². The highest BCUT2D eigenvalue weighted by Gasteiger charge is 2.33. The molecule has 2 heterocycles. The van der Waals surface area contributed by atoms with Gasteiger partial charge in [0.2, 0.25) is 5.78 Å². The van der Waals surface area contributed by atoms with Crippen molar-refractivity contribution in [2.24, 2.45) is 0 Å². The summed E-state index contributed by atoms with van der Waals surface area (Å²) in [5.41, 5.74) is 1.24. The highest BCUT2D eigenvalue weighted by Crippen LogP contribution is 2.24. The van der Waals surface area contributed by atoms with Crippen molar-refractivity contribution in [3.63, 3.8) is 0 Å². The minimum atomic E-state index is -0.592. The molecule has 0 fully saturated rings. The van der Waals surface area contributed by atoms with Gasteiger partial charge in [-0.2, -0.15) is 4.57 Å². The van der Waals surface area contributed by atoms with Crippen LogP contribution in [-0.4, -0.2) is 17.3 Å². The van der Waals surface area contributed by atoms with Gasteiger partial charge in [0, 0.05) is 18.7 Å². The summed E-state index contributed by atoms with van der Waals surface area (Å²) in [7, 11) is 0. The predicted octanol–water partition coefficient (Wildman–Crippen LogP) is 4.17. The van der Waals surface area contributed by atoms with E-state index in [-0.39, 0.29) is 5.78 Å². The quantitative estimate of drug-likeness (QED) is 0.323. The first-order valence-corrected chi connectivity index (χ1v) is 9.35. The van der Waals surface area contributed by atoms with Crippen LogP contribution in [0.2, 0.25) is 4.34 Å². The van der Waals surface area contributed by atoms with Crippen molar-refractivity contribution in [1.29, 1.82) is 0 Å². The molecule has 2 rings (SSSR count). The Morgan fingerprint density at radius 3 is 2.67 bits per heavy atom. The van der Waals surface area contributed by atoms with Crippen LogP contribution in [0.3, 0.4) is 0 Å². The number of nitrogens with zero attached hydrogens (tertiary/aromatic N) is 1. The SMILES string of the molecule is C=CCNC(=S)[C@H](C(=O)c1ccc(Cl)s1)[n+]1ccc(CCC)cc1. The Labute approximate surface area is 157 Å². The number of nitrogens with one attached hydrogen (secondary N) is 1. The fourth-order valence-electron chi connectivity index (χ4n) is 2.34. The van der Waals surface area contributed by atoms with Gasteiger partial charge in [0.15, 0.2) is 17.4 Å². The first-order valence-electron chi connectivity index (χ1n) is 7.74. The lowest BCUT2D eigenvalue weighted by Gasteiger charge is -2.13. The molecule has 0 aliphatic heterocycles. The van der Waals surface area contributed by atoms with Gasteiger partial charge in [0.1, 0.15) is 0 Å². The molecule has 3 nitrogen and oxygen atoms in total. The van der Waals surface area contributed by atoms with Crippen molar-refractivity contribution in [2.75, 3.05) is 6.54 Å². The molecule has 6 heteroatoms. The molecule has 0 saturated carbocycles. The number of thiophene rings is 1. The molecular weight excluding hydrogens is 360 g/mol. The monoisotopic (exact) mass is 379 g/mol. The molecule has 24 heavy (non-hydrogen) atoms. The lowest BCUT2D eigenvalue weighted by atomic mass is 10.1. The Hall–Kier alpha value is -1.56. The van der Waals surface area contributed by atoms with Gasteiger partial charge in [-0.1, -0.05) is 43.2 Å². The van der Waals surface area contributed by atoms with Crippen LogP contribution in [0.4, 0.5) is 0 Å². The van der Waals surface area contributed by atoms with Crippen molar-refractivity contribution >= 4 is 45.9 Å². The minimum absolute atomic E-state index is 0.0679. The van der Waals surface area contributed by atoms with Crippen LogP contribution in [0.25, 0.3) is 0 Å². The Morgan fingerprint density at radius 1 is 1.42 bits per heavy atom. The normalized spacial score (nSPS) is 11.8. The summed E-state index contributed by atoms with van der Waals surface area (Å²) in [6, 6.07) is 6.93. The van der Waals surface area contributed by atoms with Crippen molar-refractivity contribution in [3.8, 4) is 0 Å². The molecule has 1 N–H and O–H groups in total. The minimum Gasteiger partial charge on any atom is -0.370 e. The molecule has 1 atom stereocenters. The summed E-state index contributed by atoms with van der Waals surface area (Å²) >= 11 is 12.7. The van der Waals surface area contributed by atoms with Crippen LogP contribution in [0.5, 0.6) is 0 Å². The second-order valence-electron chi connectivity index (χ2n) is 5.31. The van der Waals surface area contributed by atoms with Crippen molar-refractivity contribution in [3.05, 3.63) is 64.1 Å². The number of ketones is 1. The maximum Gasteiger partial charge on any atom is 0.271 e. The van der Waals surface area contributed by atoms with Crippen LogP contribution >= 0.6 is 35.2 Å². The molecule has 2 aromatic heterocycles. The topological polar surface area (TPSA) is 33.0 Å². The molecular formula is C18H20ClN2OS2+. The van der Waals surface area contributed by atoms with Crippen LogP contribution in [0.15, 0.2) is 49.3 Å². The van der Waals surface area contributed by atoms with E-state index in [9.17, 15) is 4.79 Å². The molecule has 0 radical (unpaired) electrons. The van der Waals surface area contributed by atoms with E-state index in [0.717, 1.165) is 12.8 Å². The third kappa shape index (κ3) is 4.72. The Balaban J connectivity index is 2.32. The largest absolute Gasteiger partial charge is 0.370 e. The van der Waals surface area contributed by atoms with Crippen LogP contribution in [0.1, 0.15) is 34.6 Å². The smallest absolute Gasteiger partial charge is 0.271 e. The van der Waals surface area contributed by atoms with Gasteiger partial charge < -0.3 is 5.32 Å². The van der Waals surface area contributed by atoms with Gasteiger partial charge in [0.05, 0.1) is 9.21 Å². The summed E-state index contributed by atoms with van der Waals surface area (Å²) in [6.07, 6.45) is 7.62. The molecule has 0 aliphatic rings. The zero-order valence-electron chi connectivity index (χ0n) is 13.5. The number of aryl methyl sites for hydroxylation is 1. The van der Waals surface area contributed by atoms with E-state index in [1.807, 2.05) is 29.1 Å². The van der Waals surface area contributed by atoms with Gasteiger partial charge in [0.25, 0.3) is 6.04 Å². The Kier molecular flexibility index (Phi) is 7.09. The second-order valence-corrected chi connectivity index (χ2v) is 7.46. The van der Waals surface area contributed by atoms with Crippen molar-refractivity contribution in [2.45, 2.75) is 25.8 Å². The van der Waals surface area contributed by atoms with Gasteiger partial charge >= 0.3 is 0 Å². The third-order valence-electron chi connectivity index (χ3n) is 3.49. The average molecular weight is 380 g/mol. The number of Topliss-reactive ketones (excluding diaryl/α,β-unsaturated/α-hetero) is 1. The first kappa shape index (κ1) is 18.8. The summed E-state index contributed by atoms with van der Waals surface area (Å²) in [5, 5.41) is 3.07.